The third kappa shape index (κ3) is 4.99. The summed E-state index contributed by atoms with van der Waals surface area (Å²) in [6, 6.07) is 80.5. The molecule has 0 saturated heterocycles. The first-order valence-corrected chi connectivity index (χ1v) is 21.8. The Kier molecular flexibility index (Phi) is 7.17. The molecule has 1 aromatic heterocycles. The van der Waals surface area contributed by atoms with Crippen molar-refractivity contribution < 1.29 is 4.42 Å². The van der Waals surface area contributed by atoms with E-state index in [4.69, 9.17) is 4.42 Å². The highest BCUT2D eigenvalue weighted by Gasteiger charge is 2.22. The summed E-state index contributed by atoms with van der Waals surface area (Å²) >= 11 is 0. The second-order valence-electron chi connectivity index (χ2n) is 17.1. The van der Waals surface area contributed by atoms with E-state index in [-0.39, 0.29) is 0 Å². The molecule has 290 valence electrons. The summed E-state index contributed by atoms with van der Waals surface area (Å²) in [7, 11) is 0. The van der Waals surface area contributed by atoms with Crippen molar-refractivity contribution in [2.24, 2.45) is 0 Å². The molecule has 0 spiro atoms. The standard InChI is InChI=1S/C62H36O/c1-3-12-37(13-4-1)44-20-11-21-53-49(44)32-33-54-56-35-43(46-29-25-41-26-30-51-45(38-14-5-2-6-15-38)28-24-40-27-31-52(46)60(41)59(40)51)36-57(62(56)63-61(53)54)55-34-42-23-22-39-16-7-8-17-47(39)58(42)50-19-10-9-18-48(50)55/h1-36H. The number of furan rings is 1. The molecular weight excluding hydrogens is 761 g/mol. The van der Waals surface area contributed by atoms with Crippen LogP contribution in [-0.4, -0.2) is 0 Å². The van der Waals surface area contributed by atoms with Gasteiger partial charge in [-0.25, -0.2) is 0 Å². The molecule has 0 radical (unpaired) electrons. The highest BCUT2D eigenvalue weighted by molar-refractivity contribution is 6.29. The minimum Gasteiger partial charge on any atom is -0.455 e. The highest BCUT2D eigenvalue weighted by Crippen LogP contribution is 2.48. The van der Waals surface area contributed by atoms with Crippen molar-refractivity contribution in [3.8, 4) is 44.5 Å². The van der Waals surface area contributed by atoms with Gasteiger partial charge in [-0.05, 0) is 133 Å². The fraction of sp³-hybridized carbons (Fsp3) is 0. The maximum Gasteiger partial charge on any atom is 0.143 e. The lowest BCUT2D eigenvalue weighted by atomic mass is 9.85. The molecule has 0 bridgehead atoms. The second-order valence-corrected chi connectivity index (χ2v) is 17.1. The summed E-state index contributed by atoms with van der Waals surface area (Å²) in [5.41, 5.74) is 11.3. The van der Waals surface area contributed by atoms with E-state index >= 15 is 0 Å². The van der Waals surface area contributed by atoms with Gasteiger partial charge in [0.2, 0.25) is 0 Å². The van der Waals surface area contributed by atoms with Gasteiger partial charge in [-0.2, -0.15) is 0 Å². The topological polar surface area (TPSA) is 13.1 Å². The third-order valence-electron chi connectivity index (χ3n) is 13.8. The van der Waals surface area contributed by atoms with E-state index in [2.05, 4.69) is 218 Å². The minimum absolute atomic E-state index is 0.905. The van der Waals surface area contributed by atoms with Crippen molar-refractivity contribution in [1.29, 1.82) is 0 Å². The van der Waals surface area contributed by atoms with Gasteiger partial charge >= 0.3 is 0 Å². The normalized spacial score (nSPS) is 12.1. The van der Waals surface area contributed by atoms with Crippen LogP contribution in [0.5, 0.6) is 0 Å². The molecule has 0 N–H and O–H groups in total. The Morgan fingerprint density at radius 3 is 1.44 bits per heavy atom. The van der Waals surface area contributed by atoms with E-state index in [1.807, 2.05) is 0 Å². The SMILES string of the molecule is c1ccc(-c2cccc3c2ccc2c4cc(-c5ccc6ccc7c(-c8ccccc8)ccc8ccc5c6c87)cc(-c5cc6ccc7ccccc7c6c6ccccc56)c4oc32)cc1. The van der Waals surface area contributed by atoms with Crippen LogP contribution in [0.1, 0.15) is 0 Å². The Morgan fingerprint density at radius 2 is 0.714 bits per heavy atom. The first-order chi connectivity index (χ1) is 31.2. The average molecular weight is 797 g/mol. The molecule has 13 aromatic carbocycles. The first kappa shape index (κ1) is 34.5. The summed E-state index contributed by atoms with van der Waals surface area (Å²) < 4.78 is 7.30. The molecule has 0 aliphatic carbocycles. The van der Waals surface area contributed by atoms with Crippen LogP contribution in [0, 0.1) is 0 Å². The van der Waals surface area contributed by atoms with E-state index in [9.17, 15) is 0 Å². The van der Waals surface area contributed by atoms with Gasteiger partial charge in [0.05, 0.1) is 0 Å². The number of hydrogen-bond acceptors (Lipinski definition) is 1. The molecule has 0 aliphatic rings. The van der Waals surface area contributed by atoms with E-state index < -0.39 is 0 Å². The van der Waals surface area contributed by atoms with Gasteiger partial charge in [0.1, 0.15) is 11.2 Å². The predicted octanol–water partition coefficient (Wildman–Crippen LogP) is 17.8. The summed E-state index contributed by atoms with van der Waals surface area (Å²) in [6.45, 7) is 0. The Morgan fingerprint density at radius 1 is 0.206 bits per heavy atom. The summed E-state index contributed by atoms with van der Waals surface area (Å²) in [5, 5.41) is 19.7. The molecule has 63 heavy (non-hydrogen) atoms. The first-order valence-electron chi connectivity index (χ1n) is 21.8. The van der Waals surface area contributed by atoms with Crippen LogP contribution >= 0.6 is 0 Å². The fourth-order valence-electron chi connectivity index (χ4n) is 10.9. The van der Waals surface area contributed by atoms with Crippen molar-refractivity contribution in [2.45, 2.75) is 0 Å². The molecule has 14 aromatic rings. The Labute approximate surface area is 363 Å². The van der Waals surface area contributed by atoms with Gasteiger partial charge in [0.15, 0.2) is 0 Å². The van der Waals surface area contributed by atoms with Crippen LogP contribution in [-0.2, 0) is 0 Å². The van der Waals surface area contributed by atoms with Crippen molar-refractivity contribution in [1.82, 2.24) is 0 Å². The molecular formula is C62H36O. The minimum atomic E-state index is 0.905. The zero-order valence-corrected chi connectivity index (χ0v) is 34.2. The molecule has 0 unspecified atom stereocenters. The molecule has 0 aliphatic heterocycles. The molecule has 1 nitrogen and oxygen atoms in total. The Hall–Kier alpha value is -8.26. The molecule has 0 amide bonds. The summed E-state index contributed by atoms with van der Waals surface area (Å²) in [6.07, 6.45) is 0. The van der Waals surface area contributed by atoms with Crippen molar-refractivity contribution in [3.05, 3.63) is 218 Å². The predicted molar refractivity (Wildman–Crippen MR) is 269 cm³/mol. The highest BCUT2D eigenvalue weighted by atomic mass is 16.3. The monoisotopic (exact) mass is 796 g/mol. The van der Waals surface area contributed by atoms with E-state index in [0.717, 1.165) is 32.9 Å². The maximum atomic E-state index is 7.30. The zero-order chi connectivity index (χ0) is 41.2. The fourth-order valence-corrected chi connectivity index (χ4v) is 10.9. The maximum absolute atomic E-state index is 7.30. The van der Waals surface area contributed by atoms with Gasteiger partial charge in [-0.1, -0.05) is 194 Å². The molecule has 1 heteroatoms. The Bertz CT molecular complexity index is 4180. The summed E-state index contributed by atoms with van der Waals surface area (Å²) in [4.78, 5) is 0. The molecule has 0 saturated carbocycles. The van der Waals surface area contributed by atoms with Crippen LogP contribution in [0.4, 0.5) is 0 Å². The van der Waals surface area contributed by atoms with Crippen LogP contribution in [0.15, 0.2) is 223 Å². The van der Waals surface area contributed by atoms with E-state index in [1.54, 1.807) is 0 Å². The zero-order valence-electron chi connectivity index (χ0n) is 34.2. The molecule has 0 fully saturated rings. The number of fused-ring (bicyclic) bond motifs is 10. The third-order valence-corrected chi connectivity index (χ3v) is 13.8. The van der Waals surface area contributed by atoms with E-state index in [0.29, 0.717) is 0 Å². The lowest BCUT2D eigenvalue weighted by molar-refractivity contribution is 0.674. The molecule has 1 heterocycles. The number of rotatable bonds is 4. The van der Waals surface area contributed by atoms with Gasteiger partial charge < -0.3 is 4.42 Å². The molecule has 0 atom stereocenters. The lowest BCUT2D eigenvalue weighted by Crippen LogP contribution is -1.91. The van der Waals surface area contributed by atoms with Crippen molar-refractivity contribution in [2.75, 3.05) is 0 Å². The average Bonchev–Trinajstić information content (AvgIpc) is 3.74. The number of benzene rings is 13. The van der Waals surface area contributed by atoms with E-state index in [1.165, 1.54) is 109 Å². The van der Waals surface area contributed by atoms with Gasteiger partial charge in [-0.15, -0.1) is 0 Å². The summed E-state index contributed by atoms with van der Waals surface area (Å²) in [5.74, 6) is 0. The van der Waals surface area contributed by atoms with Crippen LogP contribution in [0.2, 0.25) is 0 Å². The van der Waals surface area contributed by atoms with Crippen molar-refractivity contribution in [3.63, 3.8) is 0 Å². The van der Waals surface area contributed by atoms with Gasteiger partial charge in [0, 0.05) is 21.7 Å². The van der Waals surface area contributed by atoms with Crippen LogP contribution < -0.4 is 0 Å². The lowest BCUT2D eigenvalue weighted by Gasteiger charge is -2.18. The van der Waals surface area contributed by atoms with Gasteiger partial charge in [0.25, 0.3) is 0 Å². The second kappa shape index (κ2) is 13.1. The smallest absolute Gasteiger partial charge is 0.143 e. The van der Waals surface area contributed by atoms with Crippen LogP contribution in [0.3, 0.4) is 0 Å². The molecule has 14 rings (SSSR count). The largest absolute Gasteiger partial charge is 0.455 e. The van der Waals surface area contributed by atoms with Crippen molar-refractivity contribution >= 4 is 97.3 Å². The van der Waals surface area contributed by atoms with Crippen LogP contribution in [0.25, 0.3) is 142 Å². The quantitative estimate of drug-likeness (QED) is 0.162. The number of hydrogen-bond donors (Lipinski definition) is 0. The van der Waals surface area contributed by atoms with Gasteiger partial charge in [-0.3, -0.25) is 0 Å². The Balaban J connectivity index is 1.10.